The highest BCUT2D eigenvalue weighted by Gasteiger charge is 2.28. The summed E-state index contributed by atoms with van der Waals surface area (Å²) in [5.74, 6) is 0. The van der Waals surface area contributed by atoms with Gasteiger partial charge in [0.1, 0.15) is 0 Å². The smallest absolute Gasteiger partial charge is 0.306 e. The fraction of sp³-hybridized carbons (Fsp3) is 0.333. The maximum absolute atomic E-state index is 12.5. The molecule has 0 unspecified atom stereocenters. The second kappa shape index (κ2) is 5.85. The minimum Gasteiger partial charge on any atom is -0.306 e. The number of urea groups is 1. The summed E-state index contributed by atoms with van der Waals surface area (Å²) in [6.07, 6.45) is 4.15. The van der Waals surface area contributed by atoms with E-state index >= 15 is 0 Å². The molecule has 0 fully saturated rings. The van der Waals surface area contributed by atoms with E-state index in [4.69, 9.17) is 11.6 Å². The number of hydrogen-bond acceptors (Lipinski definition) is 2. The van der Waals surface area contributed by atoms with Crippen molar-refractivity contribution in [1.82, 2.24) is 4.98 Å². The fourth-order valence-corrected chi connectivity index (χ4v) is 3.27. The largest absolute Gasteiger partial charge is 0.326 e. The Morgan fingerprint density at radius 3 is 2.78 bits per heavy atom. The monoisotopic (exact) mass is 329 g/mol. The first-order valence-electron chi connectivity index (χ1n) is 7.68. The number of pyridine rings is 1. The summed E-state index contributed by atoms with van der Waals surface area (Å²) in [7, 11) is 0. The van der Waals surface area contributed by atoms with Crippen molar-refractivity contribution >= 4 is 29.0 Å². The highest BCUT2D eigenvalue weighted by atomic mass is 35.5. The van der Waals surface area contributed by atoms with Gasteiger partial charge in [0.05, 0.1) is 17.6 Å². The van der Waals surface area contributed by atoms with Gasteiger partial charge in [-0.05, 0) is 41.2 Å². The molecule has 3 rings (SSSR count). The number of benzene rings is 1. The van der Waals surface area contributed by atoms with E-state index < -0.39 is 0 Å². The van der Waals surface area contributed by atoms with Crippen LogP contribution in [0.2, 0.25) is 5.02 Å². The quantitative estimate of drug-likeness (QED) is 0.829. The van der Waals surface area contributed by atoms with Gasteiger partial charge in [-0.25, -0.2) is 4.79 Å². The van der Waals surface area contributed by atoms with Crippen LogP contribution in [0.5, 0.6) is 0 Å². The number of nitrogens with one attached hydrogen (secondary N) is 1. The normalized spacial score (nSPS) is 13.8. The first kappa shape index (κ1) is 15.8. The molecule has 120 valence electrons. The lowest BCUT2D eigenvalue weighted by atomic mass is 9.85. The van der Waals surface area contributed by atoms with Gasteiger partial charge in [0.2, 0.25) is 0 Å². The van der Waals surface area contributed by atoms with Crippen LogP contribution in [0.4, 0.5) is 16.2 Å². The molecule has 0 radical (unpaired) electrons. The SMILES string of the molecule is CC(C)(C)c1cc2c(cc1Cl)N(C(=O)Nc1cccnc1)CC2. The topological polar surface area (TPSA) is 45.2 Å². The molecule has 2 aromatic rings. The Morgan fingerprint density at radius 2 is 2.13 bits per heavy atom. The van der Waals surface area contributed by atoms with Crippen LogP contribution in [0.15, 0.2) is 36.7 Å². The summed E-state index contributed by atoms with van der Waals surface area (Å²) < 4.78 is 0. The van der Waals surface area contributed by atoms with Crippen molar-refractivity contribution in [3.63, 3.8) is 0 Å². The minimum absolute atomic E-state index is 0.0164. The highest BCUT2D eigenvalue weighted by Crippen LogP contribution is 2.38. The van der Waals surface area contributed by atoms with Crippen LogP contribution in [-0.4, -0.2) is 17.6 Å². The van der Waals surface area contributed by atoms with Gasteiger partial charge in [-0.2, -0.15) is 0 Å². The number of aromatic nitrogens is 1. The van der Waals surface area contributed by atoms with E-state index in [1.54, 1.807) is 23.4 Å². The molecule has 4 nitrogen and oxygen atoms in total. The predicted molar refractivity (Wildman–Crippen MR) is 94.5 cm³/mol. The molecule has 1 aromatic heterocycles. The number of halogens is 1. The zero-order valence-electron chi connectivity index (χ0n) is 13.6. The molecule has 23 heavy (non-hydrogen) atoms. The number of carbonyl (C=O) groups is 1. The van der Waals surface area contributed by atoms with Gasteiger partial charge < -0.3 is 5.32 Å². The fourth-order valence-electron chi connectivity index (χ4n) is 2.83. The molecule has 2 amide bonds. The van der Waals surface area contributed by atoms with Gasteiger partial charge in [0.25, 0.3) is 0 Å². The van der Waals surface area contributed by atoms with Gasteiger partial charge >= 0.3 is 6.03 Å². The molecule has 0 aliphatic carbocycles. The number of fused-ring (bicyclic) bond motifs is 1. The zero-order valence-corrected chi connectivity index (χ0v) is 14.3. The lowest BCUT2D eigenvalue weighted by Gasteiger charge is -2.23. The molecule has 0 saturated carbocycles. The Morgan fingerprint density at radius 1 is 1.35 bits per heavy atom. The Hall–Kier alpha value is -2.07. The van der Waals surface area contributed by atoms with Crippen LogP contribution in [0.25, 0.3) is 0 Å². The number of hydrogen-bond donors (Lipinski definition) is 1. The minimum atomic E-state index is -0.156. The molecule has 1 aromatic carbocycles. The van der Waals surface area contributed by atoms with Gasteiger partial charge in [-0.15, -0.1) is 0 Å². The number of amides is 2. The molecule has 5 heteroatoms. The van der Waals surface area contributed by atoms with Crippen molar-refractivity contribution in [2.75, 3.05) is 16.8 Å². The summed E-state index contributed by atoms with van der Waals surface area (Å²) in [5.41, 5.74) is 3.85. The average molecular weight is 330 g/mol. The summed E-state index contributed by atoms with van der Waals surface area (Å²) >= 11 is 6.45. The summed E-state index contributed by atoms with van der Waals surface area (Å²) in [6, 6.07) is 7.50. The first-order chi connectivity index (χ1) is 10.9. The van der Waals surface area contributed by atoms with Crippen molar-refractivity contribution < 1.29 is 4.79 Å². The molecule has 0 bridgehead atoms. The van der Waals surface area contributed by atoms with Crippen molar-refractivity contribution in [2.45, 2.75) is 32.6 Å². The maximum Gasteiger partial charge on any atom is 0.326 e. The molecular formula is C18H20ClN3O. The Kier molecular flexibility index (Phi) is 4.02. The second-order valence-electron chi connectivity index (χ2n) is 6.78. The molecule has 2 heterocycles. The van der Waals surface area contributed by atoms with Crippen molar-refractivity contribution in [2.24, 2.45) is 0 Å². The van der Waals surface area contributed by atoms with E-state index in [1.807, 2.05) is 12.1 Å². The molecular weight excluding hydrogens is 310 g/mol. The predicted octanol–water partition coefficient (Wildman–Crippen LogP) is 4.63. The van der Waals surface area contributed by atoms with Gasteiger partial charge in [-0.1, -0.05) is 38.4 Å². The van der Waals surface area contributed by atoms with Crippen LogP contribution >= 0.6 is 11.6 Å². The van der Waals surface area contributed by atoms with Gasteiger partial charge in [-0.3, -0.25) is 9.88 Å². The highest BCUT2D eigenvalue weighted by molar-refractivity contribution is 6.32. The third-order valence-electron chi connectivity index (χ3n) is 4.03. The standard InChI is InChI=1S/C18H20ClN3O/c1-18(2,3)14-9-12-6-8-22(16(12)10-15(14)19)17(23)21-13-5-4-7-20-11-13/h4-5,7,9-11H,6,8H2,1-3H3,(H,21,23). The number of anilines is 2. The lowest BCUT2D eigenvalue weighted by Crippen LogP contribution is -2.33. The third kappa shape index (κ3) is 3.17. The molecule has 0 saturated heterocycles. The Labute approximate surface area is 141 Å². The first-order valence-corrected chi connectivity index (χ1v) is 8.05. The summed E-state index contributed by atoms with van der Waals surface area (Å²) in [5, 5.41) is 3.58. The van der Waals surface area contributed by atoms with Crippen molar-refractivity contribution in [3.05, 3.63) is 52.8 Å². The van der Waals surface area contributed by atoms with E-state index in [1.165, 1.54) is 5.56 Å². The number of rotatable bonds is 1. The van der Waals surface area contributed by atoms with Crippen molar-refractivity contribution in [1.29, 1.82) is 0 Å². The van der Waals surface area contributed by atoms with Gasteiger partial charge in [0.15, 0.2) is 0 Å². The van der Waals surface area contributed by atoms with E-state index in [9.17, 15) is 4.79 Å². The second-order valence-corrected chi connectivity index (χ2v) is 7.19. The van der Waals surface area contributed by atoms with E-state index in [0.717, 1.165) is 17.7 Å². The van der Waals surface area contributed by atoms with Crippen LogP contribution in [0.3, 0.4) is 0 Å². The van der Waals surface area contributed by atoms with E-state index in [-0.39, 0.29) is 11.4 Å². The average Bonchev–Trinajstić information content (AvgIpc) is 2.89. The summed E-state index contributed by atoms with van der Waals surface area (Å²) in [6.45, 7) is 7.08. The molecule has 1 N–H and O–H groups in total. The lowest BCUT2D eigenvalue weighted by molar-refractivity contribution is 0.257. The van der Waals surface area contributed by atoms with Crippen LogP contribution in [0, 0.1) is 0 Å². The van der Waals surface area contributed by atoms with Crippen LogP contribution in [0.1, 0.15) is 31.9 Å². The summed E-state index contributed by atoms with van der Waals surface area (Å²) in [4.78, 5) is 18.3. The Bertz CT molecular complexity index is 738. The molecule has 1 aliphatic heterocycles. The molecule has 1 aliphatic rings. The van der Waals surface area contributed by atoms with Gasteiger partial charge in [0, 0.05) is 17.8 Å². The molecule has 0 atom stereocenters. The Balaban J connectivity index is 1.87. The van der Waals surface area contributed by atoms with E-state index in [2.05, 4.69) is 37.1 Å². The van der Waals surface area contributed by atoms with Crippen molar-refractivity contribution in [3.8, 4) is 0 Å². The maximum atomic E-state index is 12.5. The van der Waals surface area contributed by atoms with E-state index in [0.29, 0.717) is 17.3 Å². The van der Waals surface area contributed by atoms with Crippen LogP contribution < -0.4 is 10.2 Å². The molecule has 0 spiro atoms. The number of nitrogens with zero attached hydrogens (tertiary/aromatic N) is 2. The van der Waals surface area contributed by atoms with Crippen LogP contribution in [-0.2, 0) is 11.8 Å². The number of carbonyl (C=O) groups excluding carboxylic acids is 1. The third-order valence-corrected chi connectivity index (χ3v) is 4.34. The zero-order chi connectivity index (χ0) is 16.6.